The summed E-state index contributed by atoms with van der Waals surface area (Å²) in [6.45, 7) is 0. The molecule has 2 rings (SSSR count). The van der Waals surface area contributed by atoms with Gasteiger partial charge in [0.15, 0.2) is 6.29 Å². The second-order valence-corrected chi connectivity index (χ2v) is 3.75. The van der Waals surface area contributed by atoms with Gasteiger partial charge in [-0.05, 0) is 5.41 Å². The van der Waals surface area contributed by atoms with Crippen molar-refractivity contribution in [3.63, 3.8) is 0 Å². The molecule has 0 saturated carbocycles. The zero-order chi connectivity index (χ0) is 9.26. The Kier molecular flexibility index (Phi) is 2.10. The van der Waals surface area contributed by atoms with Crippen molar-refractivity contribution in [1.29, 1.82) is 0 Å². The fourth-order valence-corrected chi connectivity index (χ4v) is 1.95. The summed E-state index contributed by atoms with van der Waals surface area (Å²) < 4.78 is 1.72. The summed E-state index contributed by atoms with van der Waals surface area (Å²) in [5, 5.41) is 5.82. The van der Waals surface area contributed by atoms with E-state index in [0.29, 0.717) is 0 Å². The van der Waals surface area contributed by atoms with Crippen LogP contribution in [0.3, 0.4) is 0 Å². The highest BCUT2D eigenvalue weighted by molar-refractivity contribution is 8.03. The van der Waals surface area contributed by atoms with E-state index in [9.17, 15) is 4.79 Å². The smallest absolute Gasteiger partial charge is 0.153 e. The number of hydrogen-bond acceptors (Lipinski definition) is 4. The van der Waals surface area contributed by atoms with Crippen LogP contribution >= 0.6 is 11.8 Å². The first kappa shape index (κ1) is 8.37. The van der Waals surface area contributed by atoms with Gasteiger partial charge in [0.05, 0.1) is 11.9 Å². The van der Waals surface area contributed by atoms with Crippen molar-refractivity contribution in [1.82, 2.24) is 9.78 Å². The molecule has 0 radical (unpaired) electrons. The molecule has 1 aliphatic heterocycles. The van der Waals surface area contributed by atoms with E-state index in [4.69, 9.17) is 0 Å². The third kappa shape index (κ3) is 1.47. The second-order valence-electron chi connectivity index (χ2n) is 2.73. The van der Waals surface area contributed by atoms with Crippen LogP contribution in [-0.2, 0) is 11.8 Å². The third-order valence-corrected chi connectivity index (χ3v) is 2.72. The monoisotopic (exact) mass is 195 g/mol. The summed E-state index contributed by atoms with van der Waals surface area (Å²) in [6.07, 6.45) is 6.44. The van der Waals surface area contributed by atoms with Crippen molar-refractivity contribution in [3.8, 4) is 0 Å². The van der Waals surface area contributed by atoms with Gasteiger partial charge in [0, 0.05) is 19.4 Å². The van der Waals surface area contributed by atoms with Gasteiger partial charge in [-0.25, -0.2) is 0 Å². The average Bonchev–Trinajstić information content (AvgIpc) is 2.71. The molecular weight excluding hydrogens is 186 g/mol. The summed E-state index contributed by atoms with van der Waals surface area (Å²) in [5.74, 6) is 0. The molecule has 0 saturated heterocycles. The molecular formula is C8H9N3OS. The summed E-state index contributed by atoms with van der Waals surface area (Å²) in [4.78, 5) is 12.6. The van der Waals surface area contributed by atoms with Crippen LogP contribution in [0.2, 0.25) is 0 Å². The molecule has 1 aromatic heterocycles. The molecule has 4 nitrogen and oxygen atoms in total. The summed E-state index contributed by atoms with van der Waals surface area (Å²) in [6, 6.07) is 0. The van der Waals surface area contributed by atoms with Crippen LogP contribution in [0.25, 0.3) is 0 Å². The van der Waals surface area contributed by atoms with Crippen LogP contribution < -0.4 is 4.90 Å². The maximum absolute atomic E-state index is 10.7. The molecule has 0 aromatic carbocycles. The van der Waals surface area contributed by atoms with Crippen molar-refractivity contribution < 1.29 is 4.79 Å². The van der Waals surface area contributed by atoms with E-state index in [1.807, 2.05) is 29.8 Å². The topological polar surface area (TPSA) is 38.1 Å². The Hall–Kier alpha value is -1.23. The summed E-state index contributed by atoms with van der Waals surface area (Å²) in [5.41, 5.74) is 0.945. The van der Waals surface area contributed by atoms with E-state index < -0.39 is 0 Å². The number of rotatable bonds is 2. The highest BCUT2D eigenvalue weighted by Crippen LogP contribution is 2.28. The van der Waals surface area contributed by atoms with Gasteiger partial charge in [0.2, 0.25) is 0 Å². The SMILES string of the molecule is Cn1cc(N2C=CSC2C=O)cn1. The molecule has 2 heterocycles. The van der Waals surface area contributed by atoms with E-state index in [2.05, 4.69) is 5.10 Å². The Morgan fingerprint density at radius 1 is 1.69 bits per heavy atom. The lowest BCUT2D eigenvalue weighted by Gasteiger charge is -2.17. The molecule has 1 unspecified atom stereocenters. The number of nitrogens with zero attached hydrogens (tertiary/aromatic N) is 3. The fraction of sp³-hybridized carbons (Fsp3) is 0.250. The van der Waals surface area contributed by atoms with Gasteiger partial charge in [-0.3, -0.25) is 4.68 Å². The van der Waals surface area contributed by atoms with Crippen LogP contribution in [0.15, 0.2) is 24.0 Å². The molecule has 0 spiro atoms. The first-order chi connectivity index (χ1) is 6.31. The largest absolute Gasteiger partial charge is 0.325 e. The Labute approximate surface area is 80.2 Å². The lowest BCUT2D eigenvalue weighted by Crippen LogP contribution is -2.24. The molecule has 0 bridgehead atoms. The minimum Gasteiger partial charge on any atom is -0.325 e. The first-order valence-corrected chi connectivity index (χ1v) is 4.80. The number of thioether (sulfide) groups is 1. The van der Waals surface area contributed by atoms with Crippen molar-refractivity contribution in [3.05, 3.63) is 24.0 Å². The molecule has 0 amide bonds. The molecule has 0 aliphatic carbocycles. The maximum atomic E-state index is 10.7. The van der Waals surface area contributed by atoms with E-state index in [1.165, 1.54) is 11.8 Å². The minimum absolute atomic E-state index is 0.135. The molecule has 13 heavy (non-hydrogen) atoms. The first-order valence-electron chi connectivity index (χ1n) is 3.85. The van der Waals surface area contributed by atoms with Crippen molar-refractivity contribution >= 4 is 23.7 Å². The van der Waals surface area contributed by atoms with Crippen molar-refractivity contribution in [2.45, 2.75) is 5.37 Å². The number of anilines is 1. The van der Waals surface area contributed by atoms with E-state index in [-0.39, 0.29) is 5.37 Å². The lowest BCUT2D eigenvalue weighted by atomic mass is 10.4. The average molecular weight is 195 g/mol. The van der Waals surface area contributed by atoms with Crippen LogP contribution in [0.5, 0.6) is 0 Å². The minimum atomic E-state index is -0.135. The van der Waals surface area contributed by atoms with Gasteiger partial charge >= 0.3 is 0 Å². The summed E-state index contributed by atoms with van der Waals surface area (Å²) >= 11 is 1.49. The number of aromatic nitrogens is 2. The van der Waals surface area contributed by atoms with Crippen LogP contribution in [0.1, 0.15) is 0 Å². The normalized spacial score (nSPS) is 21.0. The zero-order valence-electron chi connectivity index (χ0n) is 7.12. The number of aldehydes is 1. The summed E-state index contributed by atoms with van der Waals surface area (Å²) in [7, 11) is 1.85. The fourth-order valence-electron chi connectivity index (χ4n) is 1.20. The number of hydrogen-bond donors (Lipinski definition) is 0. The molecule has 1 aliphatic rings. The molecule has 1 atom stereocenters. The predicted molar refractivity (Wildman–Crippen MR) is 52.3 cm³/mol. The molecule has 1 aromatic rings. The Morgan fingerprint density at radius 2 is 2.54 bits per heavy atom. The Bertz CT molecular complexity index is 347. The highest BCUT2D eigenvalue weighted by Gasteiger charge is 2.21. The number of carbonyl (C=O) groups excluding carboxylic acids is 1. The van der Waals surface area contributed by atoms with Gasteiger partial charge in [-0.15, -0.1) is 0 Å². The molecule has 68 valence electrons. The lowest BCUT2D eigenvalue weighted by molar-refractivity contribution is -0.107. The maximum Gasteiger partial charge on any atom is 0.153 e. The molecule has 0 fully saturated rings. The quantitative estimate of drug-likeness (QED) is 0.659. The zero-order valence-corrected chi connectivity index (χ0v) is 7.94. The third-order valence-electron chi connectivity index (χ3n) is 1.82. The number of carbonyl (C=O) groups is 1. The van der Waals surface area contributed by atoms with Gasteiger partial charge in [-0.1, -0.05) is 11.8 Å². The van der Waals surface area contributed by atoms with E-state index in [0.717, 1.165) is 12.0 Å². The van der Waals surface area contributed by atoms with Crippen LogP contribution in [0.4, 0.5) is 5.69 Å². The van der Waals surface area contributed by atoms with Gasteiger partial charge < -0.3 is 9.69 Å². The van der Waals surface area contributed by atoms with Crippen molar-refractivity contribution in [2.24, 2.45) is 7.05 Å². The van der Waals surface area contributed by atoms with Gasteiger partial charge in [-0.2, -0.15) is 5.10 Å². The van der Waals surface area contributed by atoms with Crippen LogP contribution in [0, 0.1) is 0 Å². The van der Waals surface area contributed by atoms with Gasteiger partial charge in [0.25, 0.3) is 0 Å². The van der Waals surface area contributed by atoms with E-state index in [1.54, 1.807) is 10.9 Å². The van der Waals surface area contributed by atoms with Crippen molar-refractivity contribution in [2.75, 3.05) is 4.90 Å². The Balaban J connectivity index is 2.25. The molecule has 0 N–H and O–H groups in total. The predicted octanol–water partition coefficient (Wildman–Crippen LogP) is 0.969. The highest BCUT2D eigenvalue weighted by atomic mass is 32.2. The van der Waals surface area contributed by atoms with E-state index >= 15 is 0 Å². The van der Waals surface area contributed by atoms with Crippen LogP contribution in [-0.4, -0.2) is 21.4 Å². The molecule has 5 heteroatoms. The number of aryl methyl sites for hydroxylation is 1. The Morgan fingerprint density at radius 3 is 3.15 bits per heavy atom. The second kappa shape index (κ2) is 3.26. The van der Waals surface area contributed by atoms with Gasteiger partial charge in [0.1, 0.15) is 5.37 Å². The standard InChI is InChI=1S/C8H9N3OS/c1-10-5-7(4-9-10)11-2-3-13-8(11)6-12/h2-6,8H,1H3.